The molecule has 1 saturated heterocycles. The van der Waals surface area contributed by atoms with E-state index in [9.17, 15) is 26.7 Å². The molecular weight excluding hydrogens is 383 g/mol. The first kappa shape index (κ1) is 20.0. The van der Waals surface area contributed by atoms with Gasteiger partial charge in [0.25, 0.3) is 17.8 Å². The van der Waals surface area contributed by atoms with Crippen molar-refractivity contribution in [1.82, 2.24) is 15.2 Å². The molecule has 1 N–H and O–H groups in total. The topological polar surface area (TPSA) is 48.5 Å². The number of hydrogen-bond acceptors (Lipinski definition) is 4. The van der Waals surface area contributed by atoms with Crippen molar-refractivity contribution in [2.75, 3.05) is 44.2 Å². The van der Waals surface area contributed by atoms with Gasteiger partial charge in [-0.1, -0.05) is 12.1 Å². The van der Waals surface area contributed by atoms with Gasteiger partial charge in [-0.25, -0.2) is 4.39 Å². The molecule has 1 aromatic heterocycles. The molecule has 0 spiro atoms. The number of pyridine rings is 1. The molecule has 2 aromatic rings. The molecule has 2 heterocycles. The van der Waals surface area contributed by atoms with Crippen LogP contribution in [0, 0.1) is 29.3 Å². The summed E-state index contributed by atoms with van der Waals surface area (Å²) < 4.78 is 67.7. The average Bonchev–Trinajstić information content (AvgIpc) is 2.68. The Morgan fingerprint density at radius 3 is 2.18 bits per heavy atom. The molecule has 0 radical (unpaired) electrons. The number of halogens is 5. The van der Waals surface area contributed by atoms with E-state index in [4.69, 9.17) is 0 Å². The van der Waals surface area contributed by atoms with Gasteiger partial charge in [0, 0.05) is 39.3 Å². The van der Waals surface area contributed by atoms with Crippen LogP contribution in [0.4, 0.5) is 27.6 Å². The largest absolute Gasteiger partial charge is 0.364 e. The van der Waals surface area contributed by atoms with Crippen molar-refractivity contribution in [2.45, 2.75) is 0 Å². The highest BCUT2D eigenvalue weighted by Crippen LogP contribution is 2.27. The molecule has 10 heteroatoms. The third kappa shape index (κ3) is 4.22. The summed E-state index contributed by atoms with van der Waals surface area (Å²) in [6.45, 7) is 1.67. The maximum Gasteiger partial charge on any atom is 0.254 e. The van der Waals surface area contributed by atoms with E-state index in [2.05, 4.69) is 10.3 Å². The monoisotopic (exact) mass is 400 g/mol. The van der Waals surface area contributed by atoms with E-state index in [-0.39, 0.29) is 25.2 Å². The summed E-state index contributed by atoms with van der Waals surface area (Å²) in [4.78, 5) is 17.6. The normalized spacial score (nSPS) is 15.0. The minimum Gasteiger partial charge on any atom is -0.364 e. The van der Waals surface area contributed by atoms with E-state index < -0.39 is 40.9 Å². The first-order valence-corrected chi connectivity index (χ1v) is 8.58. The van der Waals surface area contributed by atoms with Gasteiger partial charge < -0.3 is 10.2 Å². The third-order valence-electron chi connectivity index (χ3n) is 4.49. The van der Waals surface area contributed by atoms with Gasteiger partial charge in [-0.2, -0.15) is 22.5 Å². The summed E-state index contributed by atoms with van der Waals surface area (Å²) in [6.07, 6.45) is 0. The van der Waals surface area contributed by atoms with Crippen molar-refractivity contribution < 1.29 is 26.7 Å². The second-order valence-corrected chi connectivity index (χ2v) is 6.23. The lowest BCUT2D eigenvalue weighted by Gasteiger charge is -2.36. The lowest BCUT2D eigenvalue weighted by atomic mass is 10.2. The van der Waals surface area contributed by atoms with Crippen LogP contribution in [0.15, 0.2) is 24.3 Å². The van der Waals surface area contributed by atoms with Crippen molar-refractivity contribution in [3.63, 3.8) is 0 Å². The predicted octanol–water partition coefficient (Wildman–Crippen LogP) is 2.33. The zero-order chi connectivity index (χ0) is 20.3. The Hall–Kier alpha value is -2.75. The van der Waals surface area contributed by atoms with Crippen LogP contribution in [0.2, 0.25) is 0 Å². The van der Waals surface area contributed by atoms with E-state index in [1.807, 2.05) is 4.90 Å². The molecule has 1 amide bonds. The standard InChI is InChI=1S/C18H17F5N4O/c19-12-4-2-1-3-11(12)18(28)24-5-6-26-7-9-27(10-8-26)15-13(20)16(22)25-17(23)14(15)21/h1-4H,5-10H2,(H,24,28). The summed E-state index contributed by atoms with van der Waals surface area (Å²) >= 11 is 0. The van der Waals surface area contributed by atoms with Crippen molar-refractivity contribution in [2.24, 2.45) is 0 Å². The number of carbonyl (C=O) groups is 1. The van der Waals surface area contributed by atoms with Crippen molar-refractivity contribution in [3.8, 4) is 0 Å². The number of anilines is 1. The van der Waals surface area contributed by atoms with Gasteiger partial charge >= 0.3 is 0 Å². The van der Waals surface area contributed by atoms with Crippen LogP contribution in [0.25, 0.3) is 0 Å². The third-order valence-corrected chi connectivity index (χ3v) is 4.49. The highest BCUT2D eigenvalue weighted by Gasteiger charge is 2.27. The fraction of sp³-hybridized carbons (Fsp3) is 0.333. The van der Waals surface area contributed by atoms with Crippen LogP contribution in [-0.4, -0.2) is 55.1 Å². The molecule has 150 valence electrons. The fourth-order valence-electron chi connectivity index (χ4n) is 3.02. The number of rotatable bonds is 5. The number of amides is 1. The molecule has 0 atom stereocenters. The Balaban J connectivity index is 1.51. The predicted molar refractivity (Wildman–Crippen MR) is 91.5 cm³/mol. The van der Waals surface area contributed by atoms with Crippen LogP contribution >= 0.6 is 0 Å². The molecule has 0 bridgehead atoms. The SMILES string of the molecule is O=C(NCCN1CCN(c2c(F)c(F)nc(F)c2F)CC1)c1ccccc1F. The van der Waals surface area contributed by atoms with E-state index in [1.54, 1.807) is 6.07 Å². The molecule has 1 aliphatic heterocycles. The second-order valence-electron chi connectivity index (χ2n) is 6.23. The van der Waals surface area contributed by atoms with Gasteiger partial charge in [-0.05, 0) is 12.1 Å². The Kier molecular flexibility index (Phi) is 6.08. The zero-order valence-electron chi connectivity index (χ0n) is 14.7. The van der Waals surface area contributed by atoms with Gasteiger partial charge in [0.1, 0.15) is 11.5 Å². The lowest BCUT2D eigenvalue weighted by molar-refractivity contribution is 0.0943. The van der Waals surface area contributed by atoms with E-state index >= 15 is 0 Å². The quantitative estimate of drug-likeness (QED) is 0.618. The molecule has 3 rings (SSSR count). The number of nitrogens with one attached hydrogen (secondary N) is 1. The van der Waals surface area contributed by atoms with E-state index in [0.717, 1.165) is 0 Å². The summed E-state index contributed by atoms with van der Waals surface area (Å²) in [5, 5.41) is 2.60. The van der Waals surface area contributed by atoms with Crippen molar-refractivity contribution in [1.29, 1.82) is 0 Å². The fourth-order valence-corrected chi connectivity index (χ4v) is 3.02. The molecule has 0 saturated carbocycles. The minimum absolute atomic E-state index is 0.0555. The number of aromatic nitrogens is 1. The minimum atomic E-state index is -1.69. The summed E-state index contributed by atoms with van der Waals surface area (Å²) in [5.74, 6) is -7.58. The number of piperazine rings is 1. The molecule has 0 aliphatic carbocycles. The van der Waals surface area contributed by atoms with Crippen molar-refractivity contribution >= 4 is 11.6 Å². The number of benzene rings is 1. The van der Waals surface area contributed by atoms with Crippen molar-refractivity contribution in [3.05, 3.63) is 59.2 Å². The molecule has 1 aliphatic rings. The number of nitrogens with zero attached hydrogens (tertiary/aromatic N) is 3. The molecular formula is C18H17F5N4O. The highest BCUT2D eigenvalue weighted by molar-refractivity contribution is 5.94. The van der Waals surface area contributed by atoms with E-state index in [1.165, 1.54) is 23.1 Å². The van der Waals surface area contributed by atoms with Gasteiger partial charge in [0.05, 0.1) is 5.56 Å². The van der Waals surface area contributed by atoms with Gasteiger partial charge in [-0.15, -0.1) is 0 Å². The van der Waals surface area contributed by atoms with Gasteiger partial charge in [-0.3, -0.25) is 9.69 Å². The first-order valence-electron chi connectivity index (χ1n) is 8.58. The molecule has 28 heavy (non-hydrogen) atoms. The average molecular weight is 400 g/mol. The number of carbonyl (C=O) groups excluding carboxylic acids is 1. The smallest absolute Gasteiger partial charge is 0.254 e. The maximum absolute atomic E-state index is 13.8. The van der Waals surface area contributed by atoms with Crippen LogP contribution in [-0.2, 0) is 0 Å². The maximum atomic E-state index is 13.8. The second kappa shape index (κ2) is 8.51. The summed E-state index contributed by atoms with van der Waals surface area (Å²) in [6, 6.07) is 5.61. The van der Waals surface area contributed by atoms with Gasteiger partial charge in [0.15, 0.2) is 0 Å². The lowest BCUT2D eigenvalue weighted by Crippen LogP contribution is -2.49. The first-order chi connectivity index (χ1) is 13.4. The molecule has 1 fully saturated rings. The van der Waals surface area contributed by atoms with Crippen LogP contribution in [0.1, 0.15) is 10.4 Å². The summed E-state index contributed by atoms with van der Waals surface area (Å²) in [7, 11) is 0. The van der Waals surface area contributed by atoms with Crippen LogP contribution < -0.4 is 10.2 Å². The number of hydrogen-bond donors (Lipinski definition) is 1. The Morgan fingerprint density at radius 2 is 1.57 bits per heavy atom. The Morgan fingerprint density at radius 1 is 0.964 bits per heavy atom. The van der Waals surface area contributed by atoms with Crippen LogP contribution in [0.3, 0.4) is 0 Å². The molecule has 1 aromatic carbocycles. The highest BCUT2D eigenvalue weighted by atomic mass is 19.2. The zero-order valence-corrected chi connectivity index (χ0v) is 14.7. The van der Waals surface area contributed by atoms with Crippen LogP contribution in [0.5, 0.6) is 0 Å². The Bertz CT molecular complexity index is 845. The molecule has 0 unspecified atom stereocenters. The van der Waals surface area contributed by atoms with Gasteiger partial charge in [0.2, 0.25) is 11.6 Å². The summed E-state index contributed by atoms with van der Waals surface area (Å²) in [5.41, 5.74) is -0.822. The Labute approximate surface area is 157 Å². The van der Waals surface area contributed by atoms with E-state index in [0.29, 0.717) is 19.6 Å². The molecule has 5 nitrogen and oxygen atoms in total.